The lowest BCUT2D eigenvalue weighted by Gasteiger charge is -2.04. The van der Waals surface area contributed by atoms with E-state index in [9.17, 15) is 9.18 Å². The van der Waals surface area contributed by atoms with Gasteiger partial charge in [-0.15, -0.1) is 11.8 Å². The molecule has 0 aliphatic heterocycles. The summed E-state index contributed by atoms with van der Waals surface area (Å²) >= 11 is 4.84. The Morgan fingerprint density at radius 1 is 1.22 bits per heavy atom. The fraction of sp³-hybridized carbons (Fsp3) is 0.0714. The molecule has 2 aromatic rings. The van der Waals surface area contributed by atoms with Gasteiger partial charge in [-0.3, -0.25) is 4.79 Å². The van der Waals surface area contributed by atoms with Gasteiger partial charge < -0.3 is 0 Å². The van der Waals surface area contributed by atoms with E-state index in [-0.39, 0.29) is 5.82 Å². The van der Waals surface area contributed by atoms with Gasteiger partial charge >= 0.3 is 0 Å². The molecule has 92 valence electrons. The highest BCUT2D eigenvalue weighted by atomic mass is 79.9. The minimum Gasteiger partial charge on any atom is -0.298 e. The van der Waals surface area contributed by atoms with Crippen LogP contribution in [0.3, 0.4) is 0 Å². The second-order valence-electron chi connectivity index (χ2n) is 3.76. The average molecular weight is 325 g/mol. The van der Waals surface area contributed by atoms with Gasteiger partial charge in [-0.25, -0.2) is 4.39 Å². The highest BCUT2D eigenvalue weighted by molar-refractivity contribution is 9.10. The van der Waals surface area contributed by atoms with Crippen molar-refractivity contribution in [3.8, 4) is 0 Å². The number of carbonyl (C=O) groups is 1. The highest BCUT2D eigenvalue weighted by Gasteiger charge is 2.01. The first-order chi connectivity index (χ1) is 8.67. The van der Waals surface area contributed by atoms with E-state index in [2.05, 4.69) is 15.9 Å². The van der Waals surface area contributed by atoms with Crippen LogP contribution in [0.5, 0.6) is 0 Å². The molecule has 0 N–H and O–H groups in total. The molecule has 0 radical (unpaired) electrons. The van der Waals surface area contributed by atoms with E-state index in [0.29, 0.717) is 11.3 Å². The maximum atomic E-state index is 13.2. The summed E-state index contributed by atoms with van der Waals surface area (Å²) in [4.78, 5) is 11.7. The molecule has 0 unspecified atom stereocenters. The zero-order valence-corrected chi connectivity index (χ0v) is 11.8. The first kappa shape index (κ1) is 13.3. The smallest absolute Gasteiger partial charge is 0.150 e. The standard InChI is InChI=1S/C14H10BrFOS/c15-12-4-11(5-13(16)7-12)9-18-14-3-1-2-10(6-14)8-17/h1-8H,9H2. The summed E-state index contributed by atoms with van der Waals surface area (Å²) in [6.45, 7) is 0. The van der Waals surface area contributed by atoms with Crippen molar-refractivity contribution < 1.29 is 9.18 Å². The normalized spacial score (nSPS) is 10.3. The third-order valence-corrected chi connectivity index (χ3v) is 3.84. The van der Waals surface area contributed by atoms with Gasteiger partial charge in [0.15, 0.2) is 0 Å². The van der Waals surface area contributed by atoms with Crippen LogP contribution < -0.4 is 0 Å². The van der Waals surface area contributed by atoms with Crippen LogP contribution in [0.4, 0.5) is 4.39 Å². The second-order valence-corrected chi connectivity index (χ2v) is 5.72. The van der Waals surface area contributed by atoms with Gasteiger partial charge in [0.2, 0.25) is 0 Å². The summed E-state index contributed by atoms with van der Waals surface area (Å²) < 4.78 is 13.9. The molecule has 4 heteroatoms. The molecule has 0 aliphatic rings. The Balaban J connectivity index is 2.08. The minimum absolute atomic E-state index is 0.249. The quantitative estimate of drug-likeness (QED) is 0.599. The third-order valence-electron chi connectivity index (χ3n) is 2.32. The number of hydrogen-bond acceptors (Lipinski definition) is 2. The Morgan fingerprint density at radius 2 is 2.06 bits per heavy atom. The molecular weight excluding hydrogens is 315 g/mol. The summed E-state index contributed by atoms with van der Waals surface area (Å²) in [5.74, 6) is 0.417. The molecule has 0 bridgehead atoms. The van der Waals surface area contributed by atoms with Crippen molar-refractivity contribution in [3.05, 3.63) is 63.9 Å². The summed E-state index contributed by atoms with van der Waals surface area (Å²) in [7, 11) is 0. The molecule has 0 atom stereocenters. The number of halogens is 2. The second kappa shape index (κ2) is 6.16. The lowest BCUT2D eigenvalue weighted by Crippen LogP contribution is -1.85. The van der Waals surface area contributed by atoms with Crippen LogP contribution in [-0.4, -0.2) is 6.29 Å². The summed E-state index contributed by atoms with van der Waals surface area (Å²) in [5.41, 5.74) is 1.56. The molecule has 2 rings (SSSR count). The van der Waals surface area contributed by atoms with Crippen LogP contribution in [-0.2, 0) is 5.75 Å². The Morgan fingerprint density at radius 3 is 2.78 bits per heavy atom. The lowest BCUT2D eigenvalue weighted by molar-refractivity contribution is 0.112. The van der Waals surface area contributed by atoms with E-state index < -0.39 is 0 Å². The van der Waals surface area contributed by atoms with Gasteiger partial charge in [-0.1, -0.05) is 28.1 Å². The van der Waals surface area contributed by atoms with Gasteiger partial charge in [-0.05, 0) is 35.9 Å². The third kappa shape index (κ3) is 3.68. The molecule has 0 aromatic heterocycles. The predicted molar refractivity (Wildman–Crippen MR) is 75.5 cm³/mol. The van der Waals surface area contributed by atoms with Crippen LogP contribution >= 0.6 is 27.7 Å². The zero-order chi connectivity index (χ0) is 13.0. The molecule has 0 heterocycles. The Bertz CT molecular complexity index is 551. The number of benzene rings is 2. The number of hydrogen-bond donors (Lipinski definition) is 0. The van der Waals surface area contributed by atoms with Crippen molar-refractivity contribution in [3.63, 3.8) is 0 Å². The Kier molecular flexibility index (Phi) is 4.55. The van der Waals surface area contributed by atoms with Crippen molar-refractivity contribution >= 4 is 34.0 Å². The molecule has 0 fully saturated rings. The molecule has 2 aromatic carbocycles. The van der Waals surface area contributed by atoms with E-state index in [4.69, 9.17) is 0 Å². The molecule has 0 saturated carbocycles. The van der Waals surface area contributed by atoms with E-state index in [0.717, 1.165) is 21.2 Å². The van der Waals surface area contributed by atoms with E-state index in [1.54, 1.807) is 17.8 Å². The molecule has 0 amide bonds. The fourth-order valence-corrected chi connectivity index (χ4v) is 2.95. The van der Waals surface area contributed by atoms with Crippen molar-refractivity contribution in [2.45, 2.75) is 10.6 Å². The zero-order valence-electron chi connectivity index (χ0n) is 9.40. The van der Waals surface area contributed by atoms with Crippen LogP contribution in [0.2, 0.25) is 0 Å². The fourth-order valence-electron chi connectivity index (χ4n) is 1.54. The monoisotopic (exact) mass is 324 g/mol. The molecule has 1 nitrogen and oxygen atoms in total. The first-order valence-corrected chi connectivity index (χ1v) is 7.08. The summed E-state index contributed by atoms with van der Waals surface area (Å²) in [6.07, 6.45) is 0.822. The van der Waals surface area contributed by atoms with Crippen LogP contribution in [0.15, 0.2) is 51.8 Å². The largest absolute Gasteiger partial charge is 0.298 e. The lowest BCUT2D eigenvalue weighted by atomic mass is 10.2. The molecule has 0 spiro atoms. The van der Waals surface area contributed by atoms with Crippen LogP contribution in [0.1, 0.15) is 15.9 Å². The Hall–Kier alpha value is -1.13. The van der Waals surface area contributed by atoms with E-state index in [1.165, 1.54) is 12.1 Å². The Labute approximate surface area is 118 Å². The number of thioether (sulfide) groups is 1. The summed E-state index contributed by atoms with van der Waals surface area (Å²) in [6, 6.07) is 12.2. The van der Waals surface area contributed by atoms with Crippen molar-refractivity contribution in [1.82, 2.24) is 0 Å². The summed E-state index contributed by atoms with van der Waals surface area (Å²) in [5, 5.41) is 0. The van der Waals surface area contributed by atoms with Crippen molar-refractivity contribution in [2.75, 3.05) is 0 Å². The topological polar surface area (TPSA) is 17.1 Å². The van der Waals surface area contributed by atoms with Crippen LogP contribution in [0.25, 0.3) is 0 Å². The van der Waals surface area contributed by atoms with Crippen LogP contribution in [0, 0.1) is 5.82 Å². The SMILES string of the molecule is O=Cc1cccc(SCc2cc(F)cc(Br)c2)c1. The molecule has 0 saturated heterocycles. The highest BCUT2D eigenvalue weighted by Crippen LogP contribution is 2.25. The maximum Gasteiger partial charge on any atom is 0.150 e. The number of carbonyl (C=O) groups excluding carboxylic acids is 1. The van der Waals surface area contributed by atoms with Crippen molar-refractivity contribution in [1.29, 1.82) is 0 Å². The number of aldehydes is 1. The predicted octanol–water partition coefficient (Wildman–Crippen LogP) is 4.69. The van der Waals surface area contributed by atoms with Gasteiger partial charge in [0, 0.05) is 20.7 Å². The minimum atomic E-state index is -0.249. The molecule has 0 aliphatic carbocycles. The number of rotatable bonds is 4. The van der Waals surface area contributed by atoms with E-state index >= 15 is 0 Å². The van der Waals surface area contributed by atoms with Crippen molar-refractivity contribution in [2.24, 2.45) is 0 Å². The van der Waals surface area contributed by atoms with Gasteiger partial charge in [0.25, 0.3) is 0 Å². The maximum absolute atomic E-state index is 13.2. The first-order valence-electron chi connectivity index (χ1n) is 5.30. The van der Waals surface area contributed by atoms with Gasteiger partial charge in [0.05, 0.1) is 0 Å². The average Bonchev–Trinajstić information content (AvgIpc) is 2.35. The van der Waals surface area contributed by atoms with E-state index in [1.807, 2.05) is 24.3 Å². The van der Waals surface area contributed by atoms with Gasteiger partial charge in [0.1, 0.15) is 12.1 Å². The van der Waals surface area contributed by atoms with Gasteiger partial charge in [-0.2, -0.15) is 0 Å². The molecular formula is C14H10BrFOS. The molecule has 18 heavy (non-hydrogen) atoms.